The molecular formula is C20H19N5OS. The van der Waals surface area contributed by atoms with Crippen molar-refractivity contribution < 1.29 is 0 Å². The lowest BCUT2D eigenvalue weighted by molar-refractivity contribution is 0.616. The Labute approximate surface area is 160 Å². The zero-order chi connectivity index (χ0) is 18.6. The highest BCUT2D eigenvalue weighted by molar-refractivity contribution is 7.98. The maximum atomic E-state index is 12.1. The van der Waals surface area contributed by atoms with E-state index in [4.69, 9.17) is 4.98 Å². The van der Waals surface area contributed by atoms with Crippen molar-refractivity contribution >= 4 is 22.8 Å². The van der Waals surface area contributed by atoms with E-state index in [1.165, 1.54) is 17.3 Å². The van der Waals surface area contributed by atoms with E-state index in [-0.39, 0.29) is 5.69 Å². The van der Waals surface area contributed by atoms with Gasteiger partial charge in [0.2, 0.25) is 0 Å². The number of nitrogens with one attached hydrogen (secondary N) is 1. The van der Waals surface area contributed by atoms with Crippen LogP contribution in [0, 0.1) is 6.92 Å². The summed E-state index contributed by atoms with van der Waals surface area (Å²) in [6.07, 6.45) is 0.780. The summed E-state index contributed by atoms with van der Waals surface area (Å²) < 4.78 is 1.68. The lowest BCUT2D eigenvalue weighted by atomic mass is 10.1. The molecule has 0 fully saturated rings. The molecule has 0 atom stereocenters. The number of thioether (sulfide) groups is 1. The molecule has 4 aromatic rings. The van der Waals surface area contributed by atoms with Crippen molar-refractivity contribution in [2.45, 2.75) is 30.8 Å². The minimum atomic E-state index is -0.185. The minimum Gasteiger partial charge on any atom is -0.270 e. The van der Waals surface area contributed by atoms with E-state index >= 15 is 0 Å². The predicted molar refractivity (Wildman–Crippen MR) is 107 cm³/mol. The molecule has 6 nitrogen and oxygen atoms in total. The molecule has 4 rings (SSSR count). The second-order valence-electron chi connectivity index (χ2n) is 6.23. The number of hydrogen-bond acceptors (Lipinski definition) is 5. The van der Waals surface area contributed by atoms with E-state index < -0.39 is 0 Å². The molecule has 0 amide bonds. The van der Waals surface area contributed by atoms with Gasteiger partial charge in [-0.15, -0.1) is 5.10 Å². The van der Waals surface area contributed by atoms with Crippen LogP contribution in [0.3, 0.4) is 0 Å². The molecule has 0 radical (unpaired) electrons. The first-order valence-electron chi connectivity index (χ1n) is 8.75. The van der Waals surface area contributed by atoms with Crippen LogP contribution in [0.15, 0.2) is 64.5 Å². The van der Waals surface area contributed by atoms with Crippen LogP contribution in [0.25, 0.3) is 11.0 Å². The number of hydrogen-bond donors (Lipinski definition) is 1. The van der Waals surface area contributed by atoms with Crippen LogP contribution in [0.2, 0.25) is 0 Å². The molecule has 0 aliphatic heterocycles. The third-order valence-electron chi connectivity index (χ3n) is 4.37. The van der Waals surface area contributed by atoms with Crippen molar-refractivity contribution in [1.82, 2.24) is 24.7 Å². The maximum absolute atomic E-state index is 12.1. The third-order valence-corrected chi connectivity index (χ3v) is 5.36. The molecule has 0 spiro atoms. The molecule has 27 heavy (non-hydrogen) atoms. The zero-order valence-corrected chi connectivity index (χ0v) is 15.7. The Morgan fingerprint density at radius 1 is 1.00 bits per heavy atom. The Balaban J connectivity index is 1.50. The minimum absolute atomic E-state index is 0.185. The number of nitrogens with zero attached hydrogens (tertiary/aromatic N) is 4. The van der Waals surface area contributed by atoms with E-state index in [1.54, 1.807) is 4.57 Å². The summed E-state index contributed by atoms with van der Waals surface area (Å²) in [5, 5.41) is 7.40. The number of aromatic amines is 1. The van der Waals surface area contributed by atoms with Gasteiger partial charge in [-0.25, -0.2) is 19.9 Å². The summed E-state index contributed by atoms with van der Waals surface area (Å²) in [7, 11) is 0. The fourth-order valence-corrected chi connectivity index (χ4v) is 3.87. The summed E-state index contributed by atoms with van der Waals surface area (Å²) in [6.45, 7) is 2.55. The van der Waals surface area contributed by atoms with Gasteiger partial charge in [0.15, 0.2) is 5.16 Å². The summed E-state index contributed by atoms with van der Waals surface area (Å²) in [4.78, 5) is 21.4. The van der Waals surface area contributed by atoms with E-state index in [2.05, 4.69) is 27.3 Å². The normalized spacial score (nSPS) is 11.1. The molecule has 136 valence electrons. The third kappa shape index (κ3) is 3.93. The molecule has 0 aliphatic carbocycles. The van der Waals surface area contributed by atoms with Crippen molar-refractivity contribution in [2.75, 3.05) is 0 Å². The van der Waals surface area contributed by atoms with Crippen molar-refractivity contribution in [1.29, 1.82) is 0 Å². The molecule has 0 saturated heterocycles. The first-order valence-corrected chi connectivity index (χ1v) is 9.73. The van der Waals surface area contributed by atoms with Gasteiger partial charge in [0, 0.05) is 12.3 Å². The van der Waals surface area contributed by atoms with Gasteiger partial charge in [0.1, 0.15) is 0 Å². The Bertz CT molecular complexity index is 1120. The van der Waals surface area contributed by atoms with Crippen LogP contribution < -0.4 is 5.69 Å². The molecule has 0 saturated carbocycles. The van der Waals surface area contributed by atoms with Crippen LogP contribution in [0.5, 0.6) is 0 Å². The molecule has 2 heterocycles. The maximum Gasteiger partial charge on any atom is 0.343 e. The average molecular weight is 377 g/mol. The fourth-order valence-electron chi connectivity index (χ4n) is 2.89. The standard InChI is InChI=1S/C20H19N5OS/c1-14-18(22-17-10-6-5-9-16(17)21-14)13-27-20-24-23-19(26)25(20)12-11-15-7-3-2-4-8-15/h2-10H,11-13H2,1H3,(H,23,26). The number of rotatable bonds is 6. The van der Waals surface area contributed by atoms with E-state index in [0.717, 1.165) is 28.8 Å². The predicted octanol–water partition coefficient (Wildman–Crippen LogP) is 3.36. The van der Waals surface area contributed by atoms with Crippen LogP contribution in [0.1, 0.15) is 17.0 Å². The monoisotopic (exact) mass is 377 g/mol. The molecule has 2 aromatic heterocycles. The highest BCUT2D eigenvalue weighted by Gasteiger charge is 2.12. The molecule has 2 aromatic carbocycles. The van der Waals surface area contributed by atoms with Crippen LogP contribution in [-0.2, 0) is 18.7 Å². The lowest BCUT2D eigenvalue weighted by Crippen LogP contribution is -2.18. The SMILES string of the molecule is Cc1nc2ccccc2nc1CSc1n[nH]c(=O)n1CCc1ccccc1. The first kappa shape index (κ1) is 17.5. The number of aryl methyl sites for hydroxylation is 2. The summed E-state index contributed by atoms with van der Waals surface area (Å²) in [5.74, 6) is 0.610. The number of fused-ring (bicyclic) bond motifs is 1. The molecule has 0 aliphatic rings. The molecule has 0 bridgehead atoms. The molecule has 0 unspecified atom stereocenters. The van der Waals surface area contributed by atoms with Crippen molar-refractivity contribution in [3.05, 3.63) is 82.0 Å². The van der Waals surface area contributed by atoms with E-state index in [1.807, 2.05) is 49.4 Å². The lowest BCUT2D eigenvalue weighted by Gasteiger charge is -2.08. The fraction of sp³-hybridized carbons (Fsp3) is 0.200. The van der Waals surface area contributed by atoms with Crippen molar-refractivity contribution in [3.63, 3.8) is 0 Å². The number of H-pyrrole nitrogens is 1. The smallest absolute Gasteiger partial charge is 0.270 e. The van der Waals surface area contributed by atoms with Crippen LogP contribution in [-0.4, -0.2) is 24.7 Å². The van der Waals surface area contributed by atoms with Gasteiger partial charge in [-0.3, -0.25) is 4.57 Å². The quantitative estimate of drug-likeness (QED) is 0.522. The highest BCUT2D eigenvalue weighted by atomic mass is 32.2. The molecular weight excluding hydrogens is 358 g/mol. The van der Waals surface area contributed by atoms with Gasteiger partial charge < -0.3 is 0 Å². The van der Waals surface area contributed by atoms with Gasteiger partial charge in [0.25, 0.3) is 0 Å². The molecule has 1 N–H and O–H groups in total. The number of benzene rings is 2. The zero-order valence-electron chi connectivity index (χ0n) is 14.9. The van der Waals surface area contributed by atoms with Crippen LogP contribution >= 0.6 is 11.8 Å². The first-order chi connectivity index (χ1) is 13.2. The van der Waals surface area contributed by atoms with Crippen molar-refractivity contribution in [3.8, 4) is 0 Å². The number of para-hydroxylation sites is 2. The topological polar surface area (TPSA) is 76.5 Å². The van der Waals surface area contributed by atoms with Gasteiger partial charge in [0.05, 0.1) is 22.4 Å². The Morgan fingerprint density at radius 2 is 1.70 bits per heavy atom. The second kappa shape index (κ2) is 7.75. The van der Waals surface area contributed by atoms with Crippen LogP contribution in [0.4, 0.5) is 0 Å². The van der Waals surface area contributed by atoms with Gasteiger partial charge >= 0.3 is 5.69 Å². The summed E-state index contributed by atoms with van der Waals surface area (Å²) >= 11 is 1.50. The van der Waals surface area contributed by atoms with E-state index in [0.29, 0.717) is 17.5 Å². The number of aromatic nitrogens is 5. The summed E-state index contributed by atoms with van der Waals surface area (Å²) in [6, 6.07) is 18.0. The molecule has 7 heteroatoms. The van der Waals surface area contributed by atoms with Gasteiger partial charge in [-0.2, -0.15) is 0 Å². The average Bonchev–Trinajstić information content (AvgIpc) is 3.05. The Hall–Kier alpha value is -2.93. The Kier molecular flexibility index (Phi) is 5.02. The Morgan fingerprint density at radius 3 is 2.48 bits per heavy atom. The highest BCUT2D eigenvalue weighted by Crippen LogP contribution is 2.22. The van der Waals surface area contributed by atoms with Gasteiger partial charge in [-0.05, 0) is 31.0 Å². The van der Waals surface area contributed by atoms with Gasteiger partial charge in [-0.1, -0.05) is 54.2 Å². The second-order valence-corrected chi connectivity index (χ2v) is 7.17. The largest absolute Gasteiger partial charge is 0.343 e. The van der Waals surface area contributed by atoms with Crippen molar-refractivity contribution in [2.24, 2.45) is 0 Å². The van der Waals surface area contributed by atoms with E-state index in [9.17, 15) is 4.79 Å². The summed E-state index contributed by atoms with van der Waals surface area (Å²) in [5.41, 5.74) is 4.58.